The number of hydrogen-bond donors (Lipinski definition) is 1. The summed E-state index contributed by atoms with van der Waals surface area (Å²) in [6.07, 6.45) is 2.85. The van der Waals surface area contributed by atoms with Crippen molar-refractivity contribution in [3.05, 3.63) is 46.2 Å². The molecule has 0 aliphatic rings. The van der Waals surface area contributed by atoms with Crippen LogP contribution in [0.1, 0.15) is 23.8 Å². The lowest BCUT2D eigenvalue weighted by Crippen LogP contribution is -2.19. The van der Waals surface area contributed by atoms with E-state index >= 15 is 0 Å². The Hall–Kier alpha value is -2.34. The van der Waals surface area contributed by atoms with Gasteiger partial charge >= 0.3 is 0 Å². The van der Waals surface area contributed by atoms with Gasteiger partial charge in [0.15, 0.2) is 11.5 Å². The second-order valence-corrected chi connectivity index (χ2v) is 5.84. The van der Waals surface area contributed by atoms with Crippen LogP contribution in [0.25, 0.3) is 0 Å². The van der Waals surface area contributed by atoms with Crippen LogP contribution in [0, 0.1) is 0 Å². The molecule has 1 amide bonds. The van der Waals surface area contributed by atoms with E-state index in [0.29, 0.717) is 24.5 Å². The van der Waals surface area contributed by atoms with E-state index in [-0.39, 0.29) is 5.91 Å². The van der Waals surface area contributed by atoms with Crippen molar-refractivity contribution < 1.29 is 14.3 Å². The van der Waals surface area contributed by atoms with Crippen LogP contribution in [0.4, 0.5) is 0 Å². The molecule has 1 aromatic carbocycles. The first-order valence-corrected chi connectivity index (χ1v) is 8.26. The SMILES string of the molecule is CCCOc1ccc(/C=N\NC(=O)Cc2cccs2)cc1OC. The molecule has 0 spiro atoms. The predicted molar refractivity (Wildman–Crippen MR) is 92.5 cm³/mol. The Morgan fingerprint density at radius 2 is 2.22 bits per heavy atom. The highest BCUT2D eigenvalue weighted by molar-refractivity contribution is 7.10. The molecule has 0 aliphatic carbocycles. The molecule has 0 radical (unpaired) electrons. The summed E-state index contributed by atoms with van der Waals surface area (Å²) in [5.74, 6) is 1.21. The van der Waals surface area contributed by atoms with Gasteiger partial charge in [-0.05, 0) is 41.6 Å². The molecule has 0 fully saturated rings. The molecule has 2 rings (SSSR count). The molecule has 0 unspecified atom stereocenters. The molecule has 2 aromatic rings. The molecule has 1 N–H and O–H groups in total. The maximum Gasteiger partial charge on any atom is 0.245 e. The van der Waals surface area contributed by atoms with Gasteiger partial charge in [0.2, 0.25) is 5.91 Å². The zero-order valence-corrected chi connectivity index (χ0v) is 14.1. The number of ether oxygens (including phenoxy) is 2. The molecule has 0 aliphatic heterocycles. The zero-order valence-electron chi connectivity index (χ0n) is 13.2. The lowest BCUT2D eigenvalue weighted by atomic mass is 10.2. The Morgan fingerprint density at radius 1 is 1.35 bits per heavy atom. The van der Waals surface area contributed by atoms with Gasteiger partial charge in [-0.1, -0.05) is 13.0 Å². The highest BCUT2D eigenvalue weighted by Gasteiger charge is 2.05. The highest BCUT2D eigenvalue weighted by atomic mass is 32.1. The van der Waals surface area contributed by atoms with Crippen molar-refractivity contribution in [2.45, 2.75) is 19.8 Å². The molecule has 0 saturated heterocycles. The summed E-state index contributed by atoms with van der Waals surface area (Å²) in [5, 5.41) is 5.92. The van der Waals surface area contributed by atoms with Gasteiger partial charge in [0.25, 0.3) is 0 Å². The smallest absolute Gasteiger partial charge is 0.245 e. The Morgan fingerprint density at radius 3 is 2.91 bits per heavy atom. The second-order valence-electron chi connectivity index (χ2n) is 4.81. The maximum atomic E-state index is 11.7. The molecular formula is C17H20N2O3S. The first-order valence-electron chi connectivity index (χ1n) is 7.38. The van der Waals surface area contributed by atoms with Crippen molar-refractivity contribution in [3.63, 3.8) is 0 Å². The van der Waals surface area contributed by atoms with Crippen LogP contribution < -0.4 is 14.9 Å². The van der Waals surface area contributed by atoms with Crippen LogP contribution in [-0.2, 0) is 11.2 Å². The average Bonchev–Trinajstić information content (AvgIpc) is 3.06. The standard InChI is InChI=1S/C17H20N2O3S/c1-3-8-22-15-7-6-13(10-16(15)21-2)12-18-19-17(20)11-14-5-4-9-23-14/h4-7,9-10,12H,3,8,11H2,1-2H3,(H,19,20)/b18-12-. The van der Waals surface area contributed by atoms with Gasteiger partial charge in [-0.15, -0.1) is 11.3 Å². The van der Waals surface area contributed by atoms with Gasteiger partial charge in [-0.2, -0.15) is 5.10 Å². The van der Waals surface area contributed by atoms with Crippen LogP contribution in [0.2, 0.25) is 0 Å². The number of carbonyl (C=O) groups excluding carboxylic acids is 1. The maximum absolute atomic E-state index is 11.7. The summed E-state index contributed by atoms with van der Waals surface area (Å²) in [6, 6.07) is 9.37. The van der Waals surface area contributed by atoms with E-state index in [4.69, 9.17) is 9.47 Å². The first kappa shape index (κ1) is 17.0. The predicted octanol–water partition coefficient (Wildman–Crippen LogP) is 3.24. The molecule has 1 aromatic heterocycles. The Balaban J connectivity index is 1.92. The number of carbonyl (C=O) groups is 1. The number of rotatable bonds is 8. The summed E-state index contributed by atoms with van der Waals surface area (Å²) < 4.78 is 10.9. The summed E-state index contributed by atoms with van der Waals surface area (Å²) in [4.78, 5) is 12.7. The Kier molecular flexibility index (Phi) is 6.62. The number of hydrogen-bond acceptors (Lipinski definition) is 5. The molecule has 122 valence electrons. The van der Waals surface area contributed by atoms with Gasteiger partial charge in [-0.25, -0.2) is 5.43 Å². The number of thiophene rings is 1. The van der Waals surface area contributed by atoms with Crippen molar-refractivity contribution >= 4 is 23.5 Å². The minimum absolute atomic E-state index is 0.140. The number of amides is 1. The highest BCUT2D eigenvalue weighted by Crippen LogP contribution is 2.27. The Labute approximate surface area is 139 Å². The van der Waals surface area contributed by atoms with Crippen molar-refractivity contribution in [1.29, 1.82) is 0 Å². The Bertz CT molecular complexity index is 654. The summed E-state index contributed by atoms with van der Waals surface area (Å²) in [7, 11) is 1.60. The summed E-state index contributed by atoms with van der Waals surface area (Å²) >= 11 is 1.55. The van der Waals surface area contributed by atoms with Crippen molar-refractivity contribution in [2.75, 3.05) is 13.7 Å². The average molecular weight is 332 g/mol. The fourth-order valence-corrected chi connectivity index (χ4v) is 2.59. The van der Waals surface area contributed by atoms with E-state index in [2.05, 4.69) is 10.5 Å². The van der Waals surface area contributed by atoms with Gasteiger partial charge in [0.05, 0.1) is 26.4 Å². The summed E-state index contributed by atoms with van der Waals surface area (Å²) in [6.45, 7) is 2.69. The molecule has 1 heterocycles. The lowest BCUT2D eigenvalue weighted by Gasteiger charge is -2.10. The van der Waals surface area contributed by atoms with Gasteiger partial charge in [0.1, 0.15) is 0 Å². The van der Waals surface area contributed by atoms with Gasteiger partial charge in [-0.3, -0.25) is 4.79 Å². The fourth-order valence-electron chi connectivity index (χ4n) is 1.89. The molecule has 0 saturated carbocycles. The van der Waals surface area contributed by atoms with Crippen molar-refractivity contribution in [1.82, 2.24) is 5.43 Å². The topological polar surface area (TPSA) is 59.9 Å². The minimum Gasteiger partial charge on any atom is -0.493 e. The number of nitrogens with zero attached hydrogens (tertiary/aromatic N) is 1. The quantitative estimate of drug-likeness (QED) is 0.596. The number of hydrazone groups is 1. The van der Waals surface area contributed by atoms with Crippen LogP contribution in [-0.4, -0.2) is 25.8 Å². The lowest BCUT2D eigenvalue weighted by molar-refractivity contribution is -0.120. The monoisotopic (exact) mass is 332 g/mol. The third kappa shape index (κ3) is 5.41. The van der Waals surface area contributed by atoms with E-state index in [1.807, 2.05) is 42.6 Å². The van der Waals surface area contributed by atoms with Crippen LogP contribution in [0.3, 0.4) is 0 Å². The minimum atomic E-state index is -0.140. The second kappa shape index (κ2) is 8.95. The van der Waals surface area contributed by atoms with E-state index in [1.54, 1.807) is 24.7 Å². The van der Waals surface area contributed by atoms with Crippen molar-refractivity contribution in [3.8, 4) is 11.5 Å². The van der Waals surface area contributed by atoms with Crippen LogP contribution in [0.15, 0.2) is 40.8 Å². The molecular weight excluding hydrogens is 312 g/mol. The van der Waals surface area contributed by atoms with E-state index < -0.39 is 0 Å². The fraction of sp³-hybridized carbons (Fsp3) is 0.294. The van der Waals surface area contributed by atoms with Crippen LogP contribution >= 0.6 is 11.3 Å². The molecule has 6 heteroatoms. The third-order valence-electron chi connectivity index (χ3n) is 2.97. The van der Waals surface area contributed by atoms with Crippen LogP contribution in [0.5, 0.6) is 11.5 Å². The first-order chi connectivity index (χ1) is 11.2. The number of nitrogens with one attached hydrogen (secondary N) is 1. The number of benzene rings is 1. The molecule has 23 heavy (non-hydrogen) atoms. The van der Waals surface area contributed by atoms with E-state index in [0.717, 1.165) is 16.9 Å². The molecule has 0 atom stereocenters. The third-order valence-corrected chi connectivity index (χ3v) is 3.84. The summed E-state index contributed by atoms with van der Waals surface area (Å²) in [5.41, 5.74) is 3.34. The van der Waals surface area contributed by atoms with Gasteiger partial charge < -0.3 is 9.47 Å². The van der Waals surface area contributed by atoms with Crippen molar-refractivity contribution in [2.24, 2.45) is 5.10 Å². The molecule has 0 bridgehead atoms. The zero-order chi connectivity index (χ0) is 16.5. The largest absolute Gasteiger partial charge is 0.493 e. The van der Waals surface area contributed by atoms with E-state index in [1.165, 1.54) is 0 Å². The molecule has 5 nitrogen and oxygen atoms in total. The van der Waals surface area contributed by atoms with E-state index in [9.17, 15) is 4.79 Å². The number of methoxy groups -OCH3 is 1. The van der Waals surface area contributed by atoms with Gasteiger partial charge in [0, 0.05) is 4.88 Å². The normalized spacial score (nSPS) is 10.7.